The van der Waals surface area contributed by atoms with Crippen LogP contribution < -0.4 is 5.73 Å². The fourth-order valence-corrected chi connectivity index (χ4v) is 1.69. The van der Waals surface area contributed by atoms with Crippen LogP contribution >= 0.6 is 0 Å². The van der Waals surface area contributed by atoms with Gasteiger partial charge in [0.25, 0.3) is 0 Å². The van der Waals surface area contributed by atoms with Crippen molar-refractivity contribution >= 4 is 5.84 Å². The molecule has 18 heavy (non-hydrogen) atoms. The predicted molar refractivity (Wildman–Crippen MR) is 73.2 cm³/mol. The average molecular weight is 251 g/mol. The number of nitrogens with two attached hydrogens (primary N) is 1. The fraction of sp³-hybridized carbons (Fsp3) is 0.500. The second kappa shape index (κ2) is 6.50. The molecule has 100 valence electrons. The molecule has 0 unspecified atom stereocenters. The standard InChI is InChI=1S/C14H22FN3/c1-10(2)6-7-18(3)9-12-5-4-11(14(16)17)8-13(12)15/h4-5,8,10H,6-7,9H2,1-3H3,(H3,16,17). The van der Waals surface area contributed by atoms with Gasteiger partial charge < -0.3 is 10.6 Å². The summed E-state index contributed by atoms with van der Waals surface area (Å²) < 4.78 is 13.8. The summed E-state index contributed by atoms with van der Waals surface area (Å²) in [6.45, 7) is 5.88. The van der Waals surface area contributed by atoms with Crippen LogP contribution in [0.2, 0.25) is 0 Å². The first kappa shape index (κ1) is 14.6. The number of nitrogens with zero attached hydrogens (tertiary/aromatic N) is 1. The van der Waals surface area contributed by atoms with E-state index in [1.807, 2.05) is 7.05 Å². The fourth-order valence-electron chi connectivity index (χ4n) is 1.69. The number of benzene rings is 1. The van der Waals surface area contributed by atoms with Crippen molar-refractivity contribution < 1.29 is 4.39 Å². The largest absolute Gasteiger partial charge is 0.384 e. The molecule has 0 atom stereocenters. The molecule has 0 heterocycles. The van der Waals surface area contributed by atoms with E-state index in [1.165, 1.54) is 6.07 Å². The van der Waals surface area contributed by atoms with E-state index in [0.717, 1.165) is 13.0 Å². The Hall–Kier alpha value is -1.42. The number of amidine groups is 1. The third-order valence-corrected chi connectivity index (χ3v) is 2.89. The van der Waals surface area contributed by atoms with Crippen LogP contribution in [0.4, 0.5) is 4.39 Å². The Bertz CT molecular complexity index is 416. The Balaban J connectivity index is 2.64. The molecule has 1 rings (SSSR count). The zero-order valence-corrected chi connectivity index (χ0v) is 11.3. The van der Waals surface area contributed by atoms with Gasteiger partial charge in [-0.2, -0.15) is 0 Å². The van der Waals surface area contributed by atoms with Gasteiger partial charge >= 0.3 is 0 Å². The zero-order valence-electron chi connectivity index (χ0n) is 11.3. The van der Waals surface area contributed by atoms with Crippen LogP contribution in [0.5, 0.6) is 0 Å². The van der Waals surface area contributed by atoms with Gasteiger partial charge in [0.15, 0.2) is 0 Å². The van der Waals surface area contributed by atoms with E-state index < -0.39 is 0 Å². The van der Waals surface area contributed by atoms with Gasteiger partial charge in [0.05, 0.1) is 0 Å². The molecule has 0 amide bonds. The Labute approximate surface area is 108 Å². The van der Waals surface area contributed by atoms with Crippen molar-refractivity contribution in [2.24, 2.45) is 11.7 Å². The maximum absolute atomic E-state index is 13.8. The van der Waals surface area contributed by atoms with Crippen LogP contribution in [0, 0.1) is 17.1 Å². The number of hydrogen-bond donors (Lipinski definition) is 2. The first-order chi connectivity index (χ1) is 8.40. The first-order valence-corrected chi connectivity index (χ1v) is 6.21. The lowest BCUT2D eigenvalue weighted by Gasteiger charge is -2.18. The van der Waals surface area contributed by atoms with Gasteiger partial charge in [-0.1, -0.05) is 26.0 Å². The quantitative estimate of drug-likeness (QED) is 0.603. The smallest absolute Gasteiger partial charge is 0.128 e. The lowest BCUT2D eigenvalue weighted by molar-refractivity contribution is 0.299. The van der Waals surface area contributed by atoms with E-state index in [4.69, 9.17) is 11.1 Å². The number of halogens is 1. The van der Waals surface area contributed by atoms with Gasteiger partial charge in [0.2, 0.25) is 0 Å². The topological polar surface area (TPSA) is 53.1 Å². The monoisotopic (exact) mass is 251 g/mol. The summed E-state index contributed by atoms with van der Waals surface area (Å²) in [5.41, 5.74) is 6.40. The number of rotatable bonds is 6. The van der Waals surface area contributed by atoms with Crippen molar-refractivity contribution in [2.75, 3.05) is 13.6 Å². The lowest BCUT2D eigenvalue weighted by Crippen LogP contribution is -2.21. The van der Waals surface area contributed by atoms with Crippen LogP contribution in [-0.2, 0) is 6.54 Å². The summed E-state index contributed by atoms with van der Waals surface area (Å²) in [6, 6.07) is 4.73. The van der Waals surface area contributed by atoms with Crippen molar-refractivity contribution in [3.8, 4) is 0 Å². The Morgan fingerprint density at radius 1 is 1.44 bits per heavy atom. The molecule has 0 aliphatic rings. The summed E-state index contributed by atoms with van der Waals surface area (Å²) in [5, 5.41) is 7.26. The normalized spacial score (nSPS) is 11.2. The van der Waals surface area contributed by atoms with Crippen molar-refractivity contribution in [3.63, 3.8) is 0 Å². The summed E-state index contributed by atoms with van der Waals surface area (Å²) >= 11 is 0. The Kier molecular flexibility index (Phi) is 5.28. The van der Waals surface area contributed by atoms with Crippen LogP contribution in [0.15, 0.2) is 18.2 Å². The second-order valence-electron chi connectivity index (χ2n) is 5.14. The van der Waals surface area contributed by atoms with Gasteiger partial charge in [-0.25, -0.2) is 4.39 Å². The van der Waals surface area contributed by atoms with E-state index in [9.17, 15) is 4.39 Å². The first-order valence-electron chi connectivity index (χ1n) is 6.21. The second-order valence-corrected chi connectivity index (χ2v) is 5.14. The molecule has 0 aliphatic heterocycles. The minimum Gasteiger partial charge on any atom is -0.384 e. The van der Waals surface area contributed by atoms with Gasteiger partial charge in [0.1, 0.15) is 11.7 Å². The molecule has 3 nitrogen and oxygen atoms in total. The molecule has 0 saturated carbocycles. The summed E-state index contributed by atoms with van der Waals surface area (Å²) in [5.74, 6) is 0.255. The third kappa shape index (κ3) is 4.45. The molecule has 0 bridgehead atoms. The van der Waals surface area contributed by atoms with Gasteiger partial charge in [0, 0.05) is 17.7 Å². The highest BCUT2D eigenvalue weighted by Crippen LogP contribution is 2.13. The van der Waals surface area contributed by atoms with Gasteiger partial charge in [-0.3, -0.25) is 5.41 Å². The predicted octanol–water partition coefficient (Wildman–Crippen LogP) is 2.59. The number of nitrogen functional groups attached to an aromatic ring is 1. The van der Waals surface area contributed by atoms with Gasteiger partial charge in [-0.15, -0.1) is 0 Å². The molecule has 0 radical (unpaired) electrons. The molecule has 1 aromatic carbocycles. The van der Waals surface area contributed by atoms with Crippen molar-refractivity contribution in [1.29, 1.82) is 5.41 Å². The summed E-state index contributed by atoms with van der Waals surface area (Å²) in [7, 11) is 1.99. The van der Waals surface area contributed by atoms with Crippen LogP contribution in [0.3, 0.4) is 0 Å². The SMILES string of the molecule is CC(C)CCN(C)Cc1ccc(C(=N)N)cc1F. The van der Waals surface area contributed by atoms with Crippen molar-refractivity contribution in [2.45, 2.75) is 26.8 Å². The average Bonchev–Trinajstić information content (AvgIpc) is 2.29. The maximum atomic E-state index is 13.8. The summed E-state index contributed by atoms with van der Waals surface area (Å²) in [4.78, 5) is 2.10. The Morgan fingerprint density at radius 3 is 2.61 bits per heavy atom. The molecule has 0 aliphatic carbocycles. The van der Waals surface area contributed by atoms with Crippen molar-refractivity contribution in [3.05, 3.63) is 35.1 Å². The third-order valence-electron chi connectivity index (χ3n) is 2.89. The van der Waals surface area contributed by atoms with E-state index in [2.05, 4.69) is 18.7 Å². The molecular formula is C14H22FN3. The van der Waals surface area contributed by atoms with Crippen LogP contribution in [-0.4, -0.2) is 24.3 Å². The van der Waals surface area contributed by atoms with E-state index in [1.54, 1.807) is 12.1 Å². The van der Waals surface area contributed by atoms with Crippen LogP contribution in [0.1, 0.15) is 31.4 Å². The maximum Gasteiger partial charge on any atom is 0.128 e. The lowest BCUT2D eigenvalue weighted by atomic mass is 10.1. The molecule has 0 aromatic heterocycles. The van der Waals surface area contributed by atoms with Crippen molar-refractivity contribution in [1.82, 2.24) is 4.90 Å². The molecule has 0 saturated heterocycles. The van der Waals surface area contributed by atoms with E-state index in [0.29, 0.717) is 23.6 Å². The highest BCUT2D eigenvalue weighted by molar-refractivity contribution is 5.94. The number of nitrogens with one attached hydrogen (secondary N) is 1. The summed E-state index contributed by atoms with van der Waals surface area (Å²) in [6.07, 6.45) is 1.10. The molecule has 0 fully saturated rings. The van der Waals surface area contributed by atoms with Crippen LogP contribution in [0.25, 0.3) is 0 Å². The molecule has 0 spiro atoms. The highest BCUT2D eigenvalue weighted by Gasteiger charge is 2.08. The molecule has 1 aromatic rings. The number of hydrogen-bond acceptors (Lipinski definition) is 2. The minimum atomic E-state index is -0.293. The zero-order chi connectivity index (χ0) is 13.7. The highest BCUT2D eigenvalue weighted by atomic mass is 19.1. The molecule has 4 heteroatoms. The van der Waals surface area contributed by atoms with E-state index in [-0.39, 0.29) is 11.7 Å². The molecular weight excluding hydrogens is 229 g/mol. The Morgan fingerprint density at radius 2 is 2.11 bits per heavy atom. The minimum absolute atomic E-state index is 0.103. The van der Waals surface area contributed by atoms with Gasteiger partial charge in [-0.05, 0) is 32.0 Å². The molecule has 3 N–H and O–H groups in total. The van der Waals surface area contributed by atoms with E-state index >= 15 is 0 Å².